The number of rotatable bonds is 2. The first-order chi connectivity index (χ1) is 9.56. The van der Waals surface area contributed by atoms with Gasteiger partial charge in [-0.25, -0.2) is 8.42 Å². The molecule has 0 spiro atoms. The smallest absolute Gasteiger partial charge is 0.202 e. The number of fused-ring (bicyclic) bond motifs is 1. The van der Waals surface area contributed by atoms with Crippen LogP contribution in [0, 0.1) is 0 Å². The van der Waals surface area contributed by atoms with Gasteiger partial charge in [0.25, 0.3) is 0 Å². The largest absolute Gasteiger partial charge is 0.221 e. The van der Waals surface area contributed by atoms with E-state index in [0.29, 0.717) is 6.42 Å². The molecule has 0 aliphatic heterocycles. The summed E-state index contributed by atoms with van der Waals surface area (Å²) in [5, 5.41) is 0. The van der Waals surface area contributed by atoms with Gasteiger partial charge in [0, 0.05) is 0 Å². The summed E-state index contributed by atoms with van der Waals surface area (Å²) in [6, 6.07) is 16.0. The van der Waals surface area contributed by atoms with Gasteiger partial charge in [-0.3, -0.25) is 0 Å². The molecule has 0 amide bonds. The normalized spacial score (nSPS) is 22.2. The Morgan fingerprint density at radius 2 is 1.60 bits per heavy atom. The second-order valence-electron chi connectivity index (χ2n) is 5.06. The molecule has 1 atom stereocenters. The molecule has 2 nitrogen and oxygen atoms in total. The zero-order valence-corrected chi connectivity index (χ0v) is 12.5. The lowest BCUT2D eigenvalue weighted by Gasteiger charge is -2.33. The van der Waals surface area contributed by atoms with Crippen LogP contribution in [0.3, 0.4) is 0 Å². The fourth-order valence-corrected chi connectivity index (χ4v) is 5.18. The number of aryl methyl sites for hydroxylation is 1. The van der Waals surface area contributed by atoms with Crippen LogP contribution in [0.15, 0.2) is 59.5 Å². The summed E-state index contributed by atoms with van der Waals surface area (Å²) in [6.07, 6.45) is 2.12. The van der Waals surface area contributed by atoms with E-state index >= 15 is 0 Å². The van der Waals surface area contributed by atoms with Crippen LogP contribution in [0.5, 0.6) is 0 Å². The number of benzene rings is 2. The van der Waals surface area contributed by atoms with E-state index in [0.717, 1.165) is 24.0 Å². The van der Waals surface area contributed by atoms with Gasteiger partial charge in [-0.15, -0.1) is 0 Å². The number of sulfone groups is 1. The highest BCUT2D eigenvalue weighted by Gasteiger charge is 2.46. The van der Waals surface area contributed by atoms with Gasteiger partial charge in [0.05, 0.1) is 4.90 Å². The van der Waals surface area contributed by atoms with Gasteiger partial charge in [-0.2, -0.15) is 0 Å². The minimum absolute atomic E-state index is 0.284. The molecule has 0 aromatic heterocycles. The summed E-state index contributed by atoms with van der Waals surface area (Å²) in [5.74, 6) is 0. The summed E-state index contributed by atoms with van der Waals surface area (Å²) in [7, 11) is -3.61. The molecule has 4 heteroatoms. The van der Waals surface area contributed by atoms with Crippen LogP contribution in [-0.4, -0.2) is 8.42 Å². The zero-order chi connectivity index (χ0) is 14.2. The number of hydrogen-bond acceptors (Lipinski definition) is 2. The molecule has 20 heavy (non-hydrogen) atoms. The first-order valence-corrected chi connectivity index (χ1v) is 8.49. The molecule has 0 heterocycles. The van der Waals surface area contributed by atoms with Crippen molar-refractivity contribution in [3.63, 3.8) is 0 Å². The fourth-order valence-electron chi connectivity index (χ4n) is 2.81. The topological polar surface area (TPSA) is 34.1 Å². The van der Waals surface area contributed by atoms with Crippen molar-refractivity contribution in [3.8, 4) is 0 Å². The Morgan fingerprint density at radius 3 is 2.35 bits per heavy atom. The van der Waals surface area contributed by atoms with Crippen molar-refractivity contribution >= 4 is 21.4 Å². The molecule has 1 unspecified atom stereocenters. The Kier molecular flexibility index (Phi) is 3.35. The van der Waals surface area contributed by atoms with Crippen molar-refractivity contribution in [2.45, 2.75) is 28.4 Å². The Balaban J connectivity index is 2.20. The maximum Gasteiger partial charge on any atom is 0.202 e. The summed E-state index contributed by atoms with van der Waals surface area (Å²) >= 11 is 6.64. The van der Waals surface area contributed by atoms with Gasteiger partial charge in [0.1, 0.15) is 0 Å². The first-order valence-electron chi connectivity index (χ1n) is 6.63. The van der Waals surface area contributed by atoms with Crippen LogP contribution in [-0.2, 0) is 20.5 Å². The zero-order valence-electron chi connectivity index (χ0n) is 10.9. The van der Waals surface area contributed by atoms with Gasteiger partial charge in [0.2, 0.25) is 9.84 Å². The molecule has 1 aliphatic carbocycles. The van der Waals surface area contributed by atoms with E-state index in [2.05, 4.69) is 0 Å². The van der Waals surface area contributed by atoms with E-state index in [4.69, 9.17) is 11.6 Å². The molecule has 0 saturated carbocycles. The summed E-state index contributed by atoms with van der Waals surface area (Å²) in [5.41, 5.74) is 1.77. The van der Waals surface area contributed by atoms with Crippen LogP contribution in [0.2, 0.25) is 0 Å². The van der Waals surface area contributed by atoms with Crippen LogP contribution in [0.4, 0.5) is 0 Å². The molecule has 2 aromatic carbocycles. The molecule has 1 aliphatic rings. The summed E-state index contributed by atoms with van der Waals surface area (Å²) in [4.78, 5) is 0.284. The highest BCUT2D eigenvalue weighted by atomic mass is 35.5. The third-order valence-electron chi connectivity index (χ3n) is 3.84. The molecule has 0 fully saturated rings. The lowest BCUT2D eigenvalue weighted by molar-refractivity contribution is 0.539. The molecule has 0 bridgehead atoms. The minimum Gasteiger partial charge on any atom is -0.221 e. The van der Waals surface area contributed by atoms with E-state index in [1.807, 2.05) is 24.3 Å². The number of hydrogen-bond donors (Lipinski definition) is 0. The average Bonchev–Trinajstić information content (AvgIpc) is 2.48. The molecule has 3 rings (SSSR count). The summed E-state index contributed by atoms with van der Waals surface area (Å²) in [6.45, 7) is 0. The number of alkyl halides is 1. The summed E-state index contributed by atoms with van der Waals surface area (Å²) < 4.78 is 24.5. The maximum atomic E-state index is 12.9. The van der Waals surface area contributed by atoms with Crippen molar-refractivity contribution in [1.29, 1.82) is 0 Å². The quantitative estimate of drug-likeness (QED) is 0.789. The second kappa shape index (κ2) is 4.90. The Morgan fingerprint density at radius 1 is 0.950 bits per heavy atom. The van der Waals surface area contributed by atoms with Gasteiger partial charge >= 0.3 is 0 Å². The number of halogens is 1. The monoisotopic (exact) mass is 306 g/mol. The first kappa shape index (κ1) is 13.7. The fraction of sp³-hybridized carbons (Fsp3) is 0.250. The van der Waals surface area contributed by atoms with Crippen LogP contribution in [0.1, 0.15) is 24.0 Å². The van der Waals surface area contributed by atoms with E-state index < -0.39 is 14.0 Å². The second-order valence-corrected chi connectivity index (χ2v) is 8.10. The molecular formula is C16H15ClO2S. The van der Waals surface area contributed by atoms with Crippen molar-refractivity contribution in [3.05, 3.63) is 65.7 Å². The highest BCUT2D eigenvalue weighted by molar-refractivity contribution is 7.93. The lowest BCUT2D eigenvalue weighted by atomic mass is 9.91. The Labute approximate surface area is 124 Å². The average molecular weight is 307 g/mol. The van der Waals surface area contributed by atoms with Crippen molar-refractivity contribution < 1.29 is 8.42 Å². The predicted octanol–water partition coefficient (Wildman–Crippen LogP) is 3.89. The van der Waals surface area contributed by atoms with E-state index in [-0.39, 0.29) is 4.90 Å². The van der Waals surface area contributed by atoms with E-state index in [1.54, 1.807) is 30.3 Å². The predicted molar refractivity (Wildman–Crippen MR) is 80.5 cm³/mol. The molecule has 2 aromatic rings. The highest BCUT2D eigenvalue weighted by Crippen LogP contribution is 2.47. The lowest BCUT2D eigenvalue weighted by Crippen LogP contribution is -2.34. The van der Waals surface area contributed by atoms with Crippen molar-refractivity contribution in [1.82, 2.24) is 0 Å². The van der Waals surface area contributed by atoms with Gasteiger partial charge in [-0.05, 0) is 42.5 Å². The third-order valence-corrected chi connectivity index (χ3v) is 7.01. The maximum absolute atomic E-state index is 12.9. The van der Waals surface area contributed by atoms with Gasteiger partial charge in [-0.1, -0.05) is 54.1 Å². The molecule has 0 N–H and O–H groups in total. The standard InChI is InChI=1S/C16H15ClO2S/c17-16(20(18,19)14-9-2-1-3-10-14)12-6-8-13-7-4-5-11-15(13)16/h1-5,7,9-11H,6,8,12H2. The molecule has 0 radical (unpaired) electrons. The third kappa shape index (κ3) is 1.97. The van der Waals surface area contributed by atoms with E-state index in [9.17, 15) is 8.42 Å². The van der Waals surface area contributed by atoms with Gasteiger partial charge < -0.3 is 0 Å². The molecular weight excluding hydrogens is 292 g/mol. The van der Waals surface area contributed by atoms with Crippen LogP contribution >= 0.6 is 11.6 Å². The SMILES string of the molecule is O=S(=O)(c1ccccc1)C1(Cl)CCCc2ccccc21. The molecule has 104 valence electrons. The Hall–Kier alpha value is -1.32. The molecule has 0 saturated heterocycles. The van der Waals surface area contributed by atoms with E-state index in [1.165, 1.54) is 0 Å². The van der Waals surface area contributed by atoms with Crippen LogP contribution < -0.4 is 0 Å². The van der Waals surface area contributed by atoms with Gasteiger partial charge in [0.15, 0.2) is 4.21 Å². The van der Waals surface area contributed by atoms with Crippen LogP contribution in [0.25, 0.3) is 0 Å². The van der Waals surface area contributed by atoms with Crippen molar-refractivity contribution in [2.24, 2.45) is 0 Å². The minimum atomic E-state index is -3.61. The Bertz CT molecular complexity index is 725. The van der Waals surface area contributed by atoms with Crippen molar-refractivity contribution in [2.75, 3.05) is 0 Å².